The molecule has 0 saturated heterocycles. The second-order valence-electron chi connectivity index (χ2n) is 4.98. The summed E-state index contributed by atoms with van der Waals surface area (Å²) in [6.45, 7) is 1.87. The van der Waals surface area contributed by atoms with E-state index >= 15 is 0 Å². The molecule has 0 spiro atoms. The molecule has 3 N–H and O–H groups in total. The summed E-state index contributed by atoms with van der Waals surface area (Å²) >= 11 is 2.66. The van der Waals surface area contributed by atoms with Crippen LogP contribution in [0.4, 0.5) is 0 Å². The number of nitrogens with one attached hydrogen (secondary N) is 1. The molecule has 0 saturated carbocycles. The van der Waals surface area contributed by atoms with Gasteiger partial charge < -0.3 is 10.7 Å². The van der Waals surface area contributed by atoms with Crippen LogP contribution in [-0.2, 0) is 4.79 Å². The molecule has 0 aliphatic rings. The van der Waals surface area contributed by atoms with Crippen molar-refractivity contribution in [3.8, 4) is 10.4 Å². The first kappa shape index (κ1) is 15.8. The summed E-state index contributed by atoms with van der Waals surface area (Å²) < 4.78 is 0. The smallest absolute Gasteiger partial charge is 0.260 e. The highest BCUT2D eigenvalue weighted by Crippen LogP contribution is 2.32. The number of nitrogens with two attached hydrogens (primary N) is 1. The molecule has 1 amide bonds. The van der Waals surface area contributed by atoms with Gasteiger partial charge in [0, 0.05) is 4.88 Å². The van der Waals surface area contributed by atoms with Gasteiger partial charge in [0.15, 0.2) is 5.16 Å². The number of benzene rings is 1. The average Bonchev–Trinajstić information content (AvgIpc) is 2.98. The van der Waals surface area contributed by atoms with Crippen LogP contribution in [0.3, 0.4) is 0 Å². The van der Waals surface area contributed by atoms with Crippen LogP contribution in [-0.4, -0.2) is 21.1 Å². The van der Waals surface area contributed by atoms with Crippen molar-refractivity contribution in [3.63, 3.8) is 0 Å². The number of carbonyl (C=O) groups excluding carboxylic acids is 1. The Kier molecular flexibility index (Phi) is 4.49. The van der Waals surface area contributed by atoms with Gasteiger partial charge in [0.1, 0.15) is 4.83 Å². The van der Waals surface area contributed by atoms with Gasteiger partial charge in [0.05, 0.1) is 10.6 Å². The third-order valence-corrected chi connectivity index (χ3v) is 5.73. The lowest BCUT2D eigenvalue weighted by molar-refractivity contribution is -0.117. The largest absolute Gasteiger partial charge is 0.369 e. The summed E-state index contributed by atoms with van der Waals surface area (Å²) in [4.78, 5) is 32.5. The van der Waals surface area contributed by atoms with Crippen LogP contribution in [0.15, 0.2) is 46.3 Å². The number of H-pyrrole nitrogens is 1. The molecule has 0 radical (unpaired) electrons. The van der Waals surface area contributed by atoms with Crippen molar-refractivity contribution < 1.29 is 4.79 Å². The number of amides is 1. The molecule has 1 unspecified atom stereocenters. The van der Waals surface area contributed by atoms with Crippen molar-refractivity contribution in [1.82, 2.24) is 9.97 Å². The topological polar surface area (TPSA) is 88.8 Å². The van der Waals surface area contributed by atoms with E-state index in [0.29, 0.717) is 21.8 Å². The van der Waals surface area contributed by atoms with E-state index in [9.17, 15) is 9.59 Å². The predicted molar refractivity (Wildman–Crippen MR) is 94.8 cm³/mol. The number of hydrogen-bond acceptors (Lipinski definition) is 5. The maximum Gasteiger partial charge on any atom is 0.260 e. The number of aromatic amines is 1. The maximum atomic E-state index is 12.3. The lowest BCUT2D eigenvalue weighted by Crippen LogP contribution is -2.25. The van der Waals surface area contributed by atoms with Gasteiger partial charge in [-0.25, -0.2) is 4.98 Å². The predicted octanol–water partition coefficient (Wildman–Crippen LogP) is 3.01. The molecular formula is C16H15N3O2S2. The number of fused-ring (bicyclic) bond motifs is 1. The van der Waals surface area contributed by atoms with Gasteiger partial charge in [-0.1, -0.05) is 49.0 Å². The SMILES string of the molecule is CCC(Sc1nc2sc(-c3ccccc3)cc2c(=O)[nH]1)C(N)=O. The van der Waals surface area contributed by atoms with Gasteiger partial charge in [-0.3, -0.25) is 9.59 Å². The first-order chi connectivity index (χ1) is 11.1. The first-order valence-electron chi connectivity index (χ1n) is 7.13. The molecule has 1 aromatic carbocycles. The molecule has 2 heterocycles. The Morgan fingerprint density at radius 1 is 1.39 bits per heavy atom. The molecule has 5 nitrogen and oxygen atoms in total. The number of nitrogens with zero attached hydrogens (tertiary/aromatic N) is 1. The number of thioether (sulfide) groups is 1. The van der Waals surface area contributed by atoms with Gasteiger partial charge in [0.25, 0.3) is 5.56 Å². The second-order valence-corrected chi connectivity index (χ2v) is 7.21. The van der Waals surface area contributed by atoms with Crippen LogP contribution in [0.5, 0.6) is 0 Å². The maximum absolute atomic E-state index is 12.3. The minimum atomic E-state index is -0.406. The summed E-state index contributed by atoms with van der Waals surface area (Å²) in [5.41, 5.74) is 6.20. The zero-order valence-electron chi connectivity index (χ0n) is 12.4. The van der Waals surface area contributed by atoms with Crippen LogP contribution in [0.1, 0.15) is 13.3 Å². The Bertz CT molecular complexity index is 903. The highest BCUT2D eigenvalue weighted by molar-refractivity contribution is 8.00. The van der Waals surface area contributed by atoms with Crippen molar-refractivity contribution >= 4 is 39.2 Å². The Morgan fingerprint density at radius 3 is 2.78 bits per heavy atom. The van der Waals surface area contributed by atoms with Crippen molar-refractivity contribution in [3.05, 3.63) is 46.8 Å². The fourth-order valence-electron chi connectivity index (χ4n) is 2.19. The number of aromatic nitrogens is 2. The van der Waals surface area contributed by atoms with E-state index in [1.807, 2.05) is 43.3 Å². The highest BCUT2D eigenvalue weighted by Gasteiger charge is 2.17. The van der Waals surface area contributed by atoms with Gasteiger partial charge in [-0.05, 0) is 18.1 Å². The van der Waals surface area contributed by atoms with Gasteiger partial charge in [0.2, 0.25) is 5.91 Å². The van der Waals surface area contributed by atoms with E-state index in [0.717, 1.165) is 10.4 Å². The number of thiophene rings is 1. The number of carbonyl (C=O) groups is 1. The van der Waals surface area contributed by atoms with Gasteiger partial charge in [-0.2, -0.15) is 0 Å². The molecule has 3 rings (SSSR count). The zero-order valence-corrected chi connectivity index (χ0v) is 14.0. The Hall–Kier alpha value is -2.12. The standard InChI is InChI=1S/C16H15N3O2S2/c1-2-11(13(17)20)23-16-18-14(21)10-8-12(22-15(10)19-16)9-6-4-3-5-7-9/h3-8,11H,2H2,1H3,(H2,17,20)(H,18,19,21). The lowest BCUT2D eigenvalue weighted by atomic mass is 10.2. The Balaban J connectivity index is 2.02. The average molecular weight is 345 g/mol. The molecule has 118 valence electrons. The van der Waals surface area contributed by atoms with E-state index in [4.69, 9.17) is 5.73 Å². The molecule has 7 heteroatoms. The van der Waals surface area contributed by atoms with Crippen molar-refractivity contribution in [2.24, 2.45) is 5.73 Å². The highest BCUT2D eigenvalue weighted by atomic mass is 32.2. The molecule has 3 aromatic rings. The van der Waals surface area contributed by atoms with Crippen molar-refractivity contribution in [2.45, 2.75) is 23.8 Å². The van der Waals surface area contributed by atoms with Gasteiger partial charge in [-0.15, -0.1) is 11.3 Å². The molecule has 23 heavy (non-hydrogen) atoms. The Labute approximate surface area is 140 Å². The third-order valence-electron chi connectivity index (χ3n) is 3.38. The fourth-order valence-corrected chi connectivity index (χ4v) is 4.13. The molecule has 0 bridgehead atoms. The summed E-state index contributed by atoms with van der Waals surface area (Å²) in [6, 6.07) is 11.7. The molecule has 0 fully saturated rings. The zero-order chi connectivity index (χ0) is 16.4. The summed E-state index contributed by atoms with van der Waals surface area (Å²) in [7, 11) is 0. The number of rotatable bonds is 5. The molecule has 0 aliphatic heterocycles. The third kappa shape index (κ3) is 3.30. The quantitative estimate of drug-likeness (QED) is 0.549. The summed E-state index contributed by atoms with van der Waals surface area (Å²) in [5.74, 6) is -0.406. The normalized spacial score (nSPS) is 12.4. The van der Waals surface area contributed by atoms with Crippen LogP contribution < -0.4 is 11.3 Å². The minimum Gasteiger partial charge on any atom is -0.369 e. The lowest BCUT2D eigenvalue weighted by Gasteiger charge is -2.08. The van der Waals surface area contributed by atoms with E-state index < -0.39 is 11.2 Å². The minimum absolute atomic E-state index is 0.199. The first-order valence-corrected chi connectivity index (χ1v) is 8.83. The Morgan fingerprint density at radius 2 is 2.13 bits per heavy atom. The summed E-state index contributed by atoms with van der Waals surface area (Å²) in [6.07, 6.45) is 0.585. The van der Waals surface area contributed by atoms with Crippen LogP contribution in [0.25, 0.3) is 20.7 Å². The molecule has 2 aromatic heterocycles. The van der Waals surface area contributed by atoms with Crippen LogP contribution in [0, 0.1) is 0 Å². The van der Waals surface area contributed by atoms with E-state index in [1.54, 1.807) is 0 Å². The van der Waals surface area contributed by atoms with E-state index in [1.165, 1.54) is 23.1 Å². The van der Waals surface area contributed by atoms with Crippen LogP contribution in [0.2, 0.25) is 0 Å². The van der Waals surface area contributed by atoms with Crippen LogP contribution >= 0.6 is 23.1 Å². The van der Waals surface area contributed by atoms with Crippen molar-refractivity contribution in [1.29, 1.82) is 0 Å². The van der Waals surface area contributed by atoms with Crippen molar-refractivity contribution in [2.75, 3.05) is 0 Å². The number of primary amides is 1. The van der Waals surface area contributed by atoms with Gasteiger partial charge >= 0.3 is 0 Å². The monoisotopic (exact) mass is 345 g/mol. The molecule has 0 aliphatic carbocycles. The molecule has 1 atom stereocenters. The second kappa shape index (κ2) is 6.55. The number of hydrogen-bond donors (Lipinski definition) is 2. The molecular weight excluding hydrogens is 330 g/mol. The van der Waals surface area contributed by atoms with E-state index in [-0.39, 0.29) is 5.56 Å². The summed E-state index contributed by atoms with van der Waals surface area (Å²) in [5, 5.41) is 0.587. The van der Waals surface area contributed by atoms with E-state index in [2.05, 4.69) is 9.97 Å². The fraction of sp³-hybridized carbons (Fsp3) is 0.188.